The molecule has 0 fully saturated rings. The van der Waals surface area contributed by atoms with Crippen LogP contribution in [0.2, 0.25) is 0 Å². The van der Waals surface area contributed by atoms with Crippen molar-refractivity contribution in [3.05, 3.63) is 60.2 Å². The summed E-state index contributed by atoms with van der Waals surface area (Å²) in [6.07, 6.45) is 1.79. The molecule has 0 aliphatic rings. The summed E-state index contributed by atoms with van der Waals surface area (Å²) in [4.78, 5) is 26.7. The maximum absolute atomic E-state index is 12.5. The molecule has 0 saturated carbocycles. The number of nitrogens with zero attached hydrogens (tertiary/aromatic N) is 1. The fourth-order valence-corrected chi connectivity index (χ4v) is 4.25. The van der Waals surface area contributed by atoms with Gasteiger partial charge in [-0.2, -0.15) is 0 Å². The number of unbranched alkanes of at least 4 members (excludes halogenated alkanes) is 1. The predicted octanol–water partition coefficient (Wildman–Crippen LogP) is 5.52. The third-order valence-electron chi connectivity index (χ3n) is 5.14. The maximum Gasteiger partial charge on any atom is 0.409 e. The summed E-state index contributed by atoms with van der Waals surface area (Å²) in [6, 6.07) is 17.6. The number of amides is 1. The summed E-state index contributed by atoms with van der Waals surface area (Å²) in [6.45, 7) is 5.89. The van der Waals surface area contributed by atoms with Crippen molar-refractivity contribution in [1.29, 1.82) is 0 Å². The van der Waals surface area contributed by atoms with Gasteiger partial charge in [0.15, 0.2) is 6.10 Å². The van der Waals surface area contributed by atoms with Gasteiger partial charge in [-0.05, 0) is 61.8 Å². The molecule has 2 aromatic carbocycles. The van der Waals surface area contributed by atoms with Crippen molar-refractivity contribution >= 4 is 23.8 Å². The zero-order chi connectivity index (χ0) is 25.3. The van der Waals surface area contributed by atoms with E-state index in [0.29, 0.717) is 45.1 Å². The Labute approximate surface area is 212 Å². The van der Waals surface area contributed by atoms with Crippen LogP contribution in [0.4, 0.5) is 4.79 Å². The summed E-state index contributed by atoms with van der Waals surface area (Å²) in [5.41, 5.74) is 0.858. The number of thioether (sulfide) groups is 1. The first kappa shape index (κ1) is 28.5. The quantitative estimate of drug-likeness (QED) is 0.225. The molecule has 0 radical (unpaired) electrons. The number of carboxylic acid groups (broad SMARTS) is 1. The molecular weight excluding hydrogens is 466 g/mol. The number of hydrogen-bond donors (Lipinski definition) is 1. The number of carbonyl (C=O) groups excluding carboxylic acids is 1. The van der Waals surface area contributed by atoms with Crippen LogP contribution in [0.1, 0.15) is 38.7 Å². The average molecular weight is 504 g/mol. The number of hydrogen-bond acceptors (Lipinski definition) is 6. The van der Waals surface area contributed by atoms with Gasteiger partial charge in [-0.1, -0.05) is 37.3 Å². The van der Waals surface area contributed by atoms with Gasteiger partial charge in [0.1, 0.15) is 12.4 Å². The Morgan fingerprint density at radius 3 is 2.37 bits per heavy atom. The largest absolute Gasteiger partial charge is 0.492 e. The molecule has 1 unspecified atom stereocenters. The minimum atomic E-state index is -0.971. The normalized spacial score (nSPS) is 11.6. The molecule has 8 heteroatoms. The molecule has 0 aromatic heterocycles. The molecule has 1 atom stereocenters. The number of carbonyl (C=O) groups is 2. The van der Waals surface area contributed by atoms with Crippen molar-refractivity contribution in [3.8, 4) is 5.75 Å². The second-order valence-electron chi connectivity index (χ2n) is 7.95. The summed E-state index contributed by atoms with van der Waals surface area (Å²) < 4.78 is 16.4. The van der Waals surface area contributed by atoms with E-state index in [4.69, 9.17) is 14.2 Å². The minimum absolute atomic E-state index is 0.295. The highest BCUT2D eigenvalue weighted by Crippen LogP contribution is 2.19. The predicted molar refractivity (Wildman–Crippen MR) is 138 cm³/mol. The third-order valence-corrected chi connectivity index (χ3v) is 6.24. The van der Waals surface area contributed by atoms with E-state index in [1.165, 1.54) is 4.90 Å². The van der Waals surface area contributed by atoms with Crippen LogP contribution in [0, 0.1) is 0 Å². The Morgan fingerprint density at radius 2 is 1.71 bits per heavy atom. The number of rotatable bonds is 17. The van der Waals surface area contributed by atoms with Gasteiger partial charge < -0.3 is 24.2 Å². The zero-order valence-electron chi connectivity index (χ0n) is 20.7. The van der Waals surface area contributed by atoms with Gasteiger partial charge in [-0.3, -0.25) is 0 Å². The van der Waals surface area contributed by atoms with Crippen LogP contribution in [0.3, 0.4) is 0 Å². The van der Waals surface area contributed by atoms with Crippen molar-refractivity contribution < 1.29 is 28.9 Å². The molecule has 2 aromatic rings. The van der Waals surface area contributed by atoms with Crippen LogP contribution >= 0.6 is 11.8 Å². The van der Waals surface area contributed by atoms with E-state index in [9.17, 15) is 14.7 Å². The van der Waals surface area contributed by atoms with E-state index in [2.05, 4.69) is 12.1 Å². The summed E-state index contributed by atoms with van der Waals surface area (Å²) in [7, 11) is 0. The number of benzene rings is 2. The monoisotopic (exact) mass is 503 g/mol. The van der Waals surface area contributed by atoms with Crippen molar-refractivity contribution in [2.45, 2.75) is 50.5 Å². The van der Waals surface area contributed by atoms with Crippen molar-refractivity contribution in [3.63, 3.8) is 0 Å². The van der Waals surface area contributed by atoms with Gasteiger partial charge in [0.25, 0.3) is 0 Å². The van der Waals surface area contributed by atoms with E-state index in [0.717, 1.165) is 30.6 Å². The van der Waals surface area contributed by atoms with Gasteiger partial charge in [-0.25, -0.2) is 9.59 Å². The van der Waals surface area contributed by atoms with Crippen LogP contribution in [0.25, 0.3) is 0 Å². The number of ether oxygens (including phenoxy) is 3. The molecule has 1 amide bonds. The molecule has 2 rings (SSSR count). The first-order valence-corrected chi connectivity index (χ1v) is 13.2. The van der Waals surface area contributed by atoms with Gasteiger partial charge >= 0.3 is 12.1 Å². The van der Waals surface area contributed by atoms with E-state index >= 15 is 0 Å². The molecule has 0 heterocycles. The molecule has 7 nitrogen and oxygen atoms in total. The Bertz CT molecular complexity index is 862. The van der Waals surface area contributed by atoms with Crippen LogP contribution in [-0.2, 0) is 20.7 Å². The molecule has 0 aliphatic carbocycles. The van der Waals surface area contributed by atoms with Crippen molar-refractivity contribution in [2.24, 2.45) is 0 Å². The standard InChI is InChI=1S/C27H37NO6S/c1-3-18-34-27(31)28(16-8-9-20-35-24-10-6-5-7-11-24)17-19-33-23-14-12-22(13-15-23)21-25(26(29)30)32-4-2/h5-7,10-15,25H,3-4,8-9,16-21H2,1-2H3,(H,29,30). The lowest BCUT2D eigenvalue weighted by atomic mass is 10.1. The van der Waals surface area contributed by atoms with Crippen molar-refractivity contribution in [2.75, 3.05) is 38.7 Å². The summed E-state index contributed by atoms with van der Waals surface area (Å²) in [5, 5.41) is 9.24. The lowest BCUT2D eigenvalue weighted by Crippen LogP contribution is -2.36. The summed E-state index contributed by atoms with van der Waals surface area (Å²) in [5.74, 6) is 0.690. The highest BCUT2D eigenvalue weighted by Gasteiger charge is 2.18. The maximum atomic E-state index is 12.5. The van der Waals surface area contributed by atoms with Crippen LogP contribution in [0.15, 0.2) is 59.5 Å². The second-order valence-corrected chi connectivity index (χ2v) is 9.12. The molecule has 35 heavy (non-hydrogen) atoms. The van der Waals surface area contributed by atoms with Gasteiger partial charge in [0.2, 0.25) is 0 Å². The Morgan fingerprint density at radius 1 is 0.971 bits per heavy atom. The number of carboxylic acids is 1. The molecular formula is C27H37NO6S. The van der Waals surface area contributed by atoms with E-state index in [1.54, 1.807) is 24.0 Å². The number of aliphatic carboxylic acids is 1. The highest BCUT2D eigenvalue weighted by atomic mass is 32.2. The first-order chi connectivity index (χ1) is 17.0. The third kappa shape index (κ3) is 11.5. The SMILES string of the molecule is CCCOC(=O)N(CCCCSc1ccccc1)CCOc1ccc(CC(OCC)C(=O)O)cc1. The van der Waals surface area contributed by atoms with E-state index in [-0.39, 0.29) is 6.09 Å². The summed E-state index contributed by atoms with van der Waals surface area (Å²) >= 11 is 1.82. The van der Waals surface area contributed by atoms with Crippen LogP contribution < -0.4 is 4.74 Å². The molecule has 1 N–H and O–H groups in total. The van der Waals surface area contributed by atoms with Crippen LogP contribution in [0.5, 0.6) is 5.75 Å². The fourth-order valence-electron chi connectivity index (χ4n) is 3.31. The fraction of sp³-hybridized carbons (Fsp3) is 0.481. The lowest BCUT2D eigenvalue weighted by molar-refractivity contribution is -0.149. The Balaban J connectivity index is 1.78. The van der Waals surface area contributed by atoms with Gasteiger partial charge in [0, 0.05) is 24.5 Å². The van der Waals surface area contributed by atoms with Gasteiger partial charge in [0.05, 0.1) is 13.2 Å². The molecule has 192 valence electrons. The highest BCUT2D eigenvalue weighted by molar-refractivity contribution is 7.99. The van der Waals surface area contributed by atoms with Crippen LogP contribution in [-0.4, -0.2) is 66.8 Å². The van der Waals surface area contributed by atoms with Gasteiger partial charge in [-0.15, -0.1) is 11.8 Å². The van der Waals surface area contributed by atoms with E-state index < -0.39 is 12.1 Å². The zero-order valence-corrected chi connectivity index (χ0v) is 21.5. The molecule has 0 aliphatic heterocycles. The molecule has 0 bridgehead atoms. The lowest BCUT2D eigenvalue weighted by Gasteiger charge is -2.22. The second kappa shape index (κ2) is 16.8. The van der Waals surface area contributed by atoms with E-state index in [1.807, 2.05) is 49.0 Å². The minimum Gasteiger partial charge on any atom is -0.492 e. The molecule has 0 saturated heterocycles. The topological polar surface area (TPSA) is 85.3 Å². The average Bonchev–Trinajstić information content (AvgIpc) is 2.87. The molecule has 0 spiro atoms. The Kier molecular flexibility index (Phi) is 13.7. The Hall–Kier alpha value is -2.71. The van der Waals surface area contributed by atoms with Crippen molar-refractivity contribution in [1.82, 2.24) is 4.90 Å². The smallest absolute Gasteiger partial charge is 0.409 e. The first-order valence-electron chi connectivity index (χ1n) is 12.2.